The summed E-state index contributed by atoms with van der Waals surface area (Å²) < 4.78 is 0. The Morgan fingerprint density at radius 3 is 2.94 bits per heavy atom. The molecule has 90 valence electrons. The number of aromatic nitrogens is 1. The normalized spacial score (nSPS) is 24.8. The van der Waals surface area contributed by atoms with Crippen molar-refractivity contribution in [1.29, 1.82) is 0 Å². The second-order valence-electron chi connectivity index (χ2n) is 4.22. The van der Waals surface area contributed by atoms with Gasteiger partial charge in [-0.2, -0.15) is 0 Å². The number of carboxylic acid groups (broad SMARTS) is 1. The largest absolute Gasteiger partial charge is 0.481 e. The molecule has 1 aliphatic rings. The maximum Gasteiger partial charge on any atom is 0.308 e. The SMILES string of the molecule is CN1C(=O)CC[C@H](C(=O)O)[C@@H]1c1cccnc1. The van der Waals surface area contributed by atoms with Crippen LogP contribution < -0.4 is 0 Å². The Hall–Kier alpha value is -1.91. The molecule has 0 unspecified atom stereocenters. The van der Waals surface area contributed by atoms with Gasteiger partial charge in [0.1, 0.15) is 0 Å². The molecule has 1 saturated heterocycles. The lowest BCUT2D eigenvalue weighted by Gasteiger charge is -2.37. The van der Waals surface area contributed by atoms with E-state index in [9.17, 15) is 14.7 Å². The van der Waals surface area contributed by atoms with Crippen LogP contribution in [0.5, 0.6) is 0 Å². The van der Waals surface area contributed by atoms with Crippen LogP contribution in [0.4, 0.5) is 0 Å². The number of nitrogens with zero attached hydrogens (tertiary/aromatic N) is 2. The van der Waals surface area contributed by atoms with E-state index < -0.39 is 17.9 Å². The highest BCUT2D eigenvalue weighted by Crippen LogP contribution is 2.35. The highest BCUT2D eigenvalue weighted by Gasteiger charge is 2.38. The van der Waals surface area contributed by atoms with Crippen LogP contribution in [-0.4, -0.2) is 33.9 Å². The molecule has 5 nitrogen and oxygen atoms in total. The molecular weight excluding hydrogens is 220 g/mol. The summed E-state index contributed by atoms with van der Waals surface area (Å²) in [6.07, 6.45) is 3.93. The van der Waals surface area contributed by atoms with Crippen molar-refractivity contribution in [1.82, 2.24) is 9.88 Å². The smallest absolute Gasteiger partial charge is 0.308 e. The van der Waals surface area contributed by atoms with Crippen LogP contribution >= 0.6 is 0 Å². The standard InChI is InChI=1S/C12H14N2O3/c1-14-10(15)5-4-9(12(16)17)11(14)8-3-2-6-13-7-8/h2-3,6-7,9,11H,4-5H2,1H3,(H,16,17)/t9-,11-/m0/s1. The van der Waals surface area contributed by atoms with Crippen LogP contribution in [-0.2, 0) is 9.59 Å². The van der Waals surface area contributed by atoms with Crippen molar-refractivity contribution in [2.45, 2.75) is 18.9 Å². The summed E-state index contributed by atoms with van der Waals surface area (Å²) in [5.41, 5.74) is 0.774. The maximum atomic E-state index is 11.7. The van der Waals surface area contributed by atoms with Crippen LogP contribution in [0.3, 0.4) is 0 Å². The summed E-state index contributed by atoms with van der Waals surface area (Å²) in [6.45, 7) is 0. The van der Waals surface area contributed by atoms with Gasteiger partial charge in [-0.25, -0.2) is 0 Å². The minimum absolute atomic E-state index is 0.0173. The molecule has 0 aliphatic carbocycles. The fourth-order valence-corrected chi connectivity index (χ4v) is 2.30. The zero-order chi connectivity index (χ0) is 12.4. The number of likely N-dealkylation sites (tertiary alicyclic amines) is 1. The summed E-state index contributed by atoms with van der Waals surface area (Å²) in [6, 6.07) is 3.14. The average Bonchev–Trinajstić information content (AvgIpc) is 2.33. The Labute approximate surface area is 99.1 Å². The average molecular weight is 234 g/mol. The number of rotatable bonds is 2. The van der Waals surface area contributed by atoms with Crippen molar-refractivity contribution in [3.05, 3.63) is 30.1 Å². The lowest BCUT2D eigenvalue weighted by Crippen LogP contribution is -2.43. The Kier molecular flexibility index (Phi) is 3.08. The van der Waals surface area contributed by atoms with Gasteiger partial charge < -0.3 is 10.0 Å². The van der Waals surface area contributed by atoms with E-state index in [-0.39, 0.29) is 5.91 Å². The first-order chi connectivity index (χ1) is 8.11. The molecule has 5 heteroatoms. The number of piperidine rings is 1. The Morgan fingerprint density at radius 2 is 2.35 bits per heavy atom. The first-order valence-corrected chi connectivity index (χ1v) is 5.49. The lowest BCUT2D eigenvalue weighted by atomic mass is 9.85. The van der Waals surface area contributed by atoms with Crippen LogP contribution in [0.25, 0.3) is 0 Å². The van der Waals surface area contributed by atoms with Gasteiger partial charge in [0, 0.05) is 25.9 Å². The zero-order valence-electron chi connectivity index (χ0n) is 9.54. The Morgan fingerprint density at radius 1 is 1.59 bits per heavy atom. The van der Waals surface area contributed by atoms with Crippen molar-refractivity contribution in [3.8, 4) is 0 Å². The van der Waals surface area contributed by atoms with Gasteiger partial charge in [0.15, 0.2) is 0 Å². The van der Waals surface area contributed by atoms with Gasteiger partial charge in [-0.15, -0.1) is 0 Å². The summed E-state index contributed by atoms with van der Waals surface area (Å²) in [5, 5.41) is 9.22. The second-order valence-corrected chi connectivity index (χ2v) is 4.22. The van der Waals surface area contributed by atoms with Gasteiger partial charge in [0.25, 0.3) is 0 Å². The highest BCUT2D eigenvalue weighted by molar-refractivity contribution is 5.81. The number of carbonyl (C=O) groups excluding carboxylic acids is 1. The molecular formula is C12H14N2O3. The number of carboxylic acids is 1. The molecule has 1 amide bonds. The molecule has 1 aromatic heterocycles. The molecule has 0 saturated carbocycles. The van der Waals surface area contributed by atoms with E-state index in [2.05, 4.69) is 4.98 Å². The van der Waals surface area contributed by atoms with E-state index in [4.69, 9.17) is 0 Å². The molecule has 1 fully saturated rings. The van der Waals surface area contributed by atoms with E-state index >= 15 is 0 Å². The second kappa shape index (κ2) is 4.53. The first-order valence-electron chi connectivity index (χ1n) is 5.49. The molecule has 1 N–H and O–H groups in total. The fraction of sp³-hybridized carbons (Fsp3) is 0.417. The number of hydrogen-bond donors (Lipinski definition) is 1. The zero-order valence-corrected chi connectivity index (χ0v) is 9.54. The molecule has 2 rings (SSSR count). The molecule has 0 spiro atoms. The number of aliphatic carboxylic acids is 1. The molecule has 0 bridgehead atoms. The predicted octanol–water partition coefficient (Wildman–Crippen LogP) is 1.08. The molecule has 1 aromatic rings. The fourth-order valence-electron chi connectivity index (χ4n) is 2.30. The van der Waals surface area contributed by atoms with Gasteiger partial charge in [0.2, 0.25) is 5.91 Å². The third-order valence-corrected chi connectivity index (χ3v) is 3.20. The van der Waals surface area contributed by atoms with Crippen molar-refractivity contribution in [2.75, 3.05) is 7.05 Å². The molecule has 2 heterocycles. The quantitative estimate of drug-likeness (QED) is 0.831. The Balaban J connectivity index is 2.37. The highest BCUT2D eigenvalue weighted by atomic mass is 16.4. The lowest BCUT2D eigenvalue weighted by molar-refractivity contribution is -0.150. The van der Waals surface area contributed by atoms with Crippen LogP contribution in [0, 0.1) is 5.92 Å². The molecule has 2 atom stereocenters. The van der Waals surface area contributed by atoms with Gasteiger partial charge in [0.05, 0.1) is 12.0 Å². The minimum atomic E-state index is -0.863. The van der Waals surface area contributed by atoms with Crippen LogP contribution in [0.1, 0.15) is 24.4 Å². The van der Waals surface area contributed by atoms with Crippen LogP contribution in [0.15, 0.2) is 24.5 Å². The number of pyridine rings is 1. The van der Waals surface area contributed by atoms with Gasteiger partial charge >= 0.3 is 5.97 Å². The first kappa shape index (κ1) is 11.6. The Bertz CT molecular complexity index is 433. The molecule has 1 aliphatic heterocycles. The maximum absolute atomic E-state index is 11.7. The van der Waals surface area contributed by atoms with E-state index in [0.717, 1.165) is 5.56 Å². The van der Waals surface area contributed by atoms with Crippen LogP contribution in [0.2, 0.25) is 0 Å². The van der Waals surface area contributed by atoms with Gasteiger partial charge in [-0.05, 0) is 18.1 Å². The van der Waals surface area contributed by atoms with Gasteiger partial charge in [-0.1, -0.05) is 6.07 Å². The minimum Gasteiger partial charge on any atom is -0.481 e. The van der Waals surface area contributed by atoms with Crippen molar-refractivity contribution >= 4 is 11.9 Å². The third kappa shape index (κ3) is 2.13. The molecule has 17 heavy (non-hydrogen) atoms. The van der Waals surface area contributed by atoms with Crippen molar-refractivity contribution in [2.24, 2.45) is 5.92 Å². The predicted molar refractivity (Wildman–Crippen MR) is 60.1 cm³/mol. The molecule has 0 aromatic carbocycles. The topological polar surface area (TPSA) is 70.5 Å². The summed E-state index contributed by atoms with van der Waals surface area (Å²) in [5.74, 6) is -1.43. The third-order valence-electron chi connectivity index (χ3n) is 3.20. The van der Waals surface area contributed by atoms with Crippen molar-refractivity contribution in [3.63, 3.8) is 0 Å². The van der Waals surface area contributed by atoms with E-state index in [0.29, 0.717) is 12.8 Å². The number of carbonyl (C=O) groups is 2. The van der Waals surface area contributed by atoms with E-state index in [1.54, 1.807) is 25.5 Å². The van der Waals surface area contributed by atoms with E-state index in [1.165, 1.54) is 4.90 Å². The summed E-state index contributed by atoms with van der Waals surface area (Å²) >= 11 is 0. The number of amides is 1. The van der Waals surface area contributed by atoms with Gasteiger partial charge in [-0.3, -0.25) is 14.6 Å². The van der Waals surface area contributed by atoms with E-state index in [1.807, 2.05) is 6.07 Å². The summed E-state index contributed by atoms with van der Waals surface area (Å²) in [7, 11) is 1.65. The summed E-state index contributed by atoms with van der Waals surface area (Å²) in [4.78, 5) is 28.4. The monoisotopic (exact) mass is 234 g/mol. The van der Waals surface area contributed by atoms with Crippen molar-refractivity contribution < 1.29 is 14.7 Å². The number of hydrogen-bond acceptors (Lipinski definition) is 3. The molecule has 0 radical (unpaired) electrons.